The Morgan fingerprint density at radius 1 is 1.32 bits per heavy atom. The van der Waals surface area contributed by atoms with Gasteiger partial charge in [0.25, 0.3) is 5.56 Å². The number of nitrogens with zero attached hydrogens (tertiary/aromatic N) is 5. The Kier molecular flexibility index (Phi) is 7.06. The molecule has 0 saturated carbocycles. The third-order valence-electron chi connectivity index (χ3n) is 4.27. The first-order valence-electron chi connectivity index (χ1n) is 8.61. The average Bonchev–Trinajstić information content (AvgIpc) is 3.03. The van der Waals surface area contributed by atoms with E-state index in [1.807, 2.05) is 38.1 Å². The second-order valence-corrected chi connectivity index (χ2v) is 7.27. The van der Waals surface area contributed by atoms with Crippen molar-refractivity contribution < 1.29 is 21.6 Å². The Labute approximate surface area is 176 Å². The van der Waals surface area contributed by atoms with E-state index < -0.39 is 5.56 Å². The summed E-state index contributed by atoms with van der Waals surface area (Å²) < 4.78 is 2.18. The Bertz CT molecular complexity index is 1140. The van der Waals surface area contributed by atoms with Crippen molar-refractivity contribution >= 4 is 32.4 Å². The summed E-state index contributed by atoms with van der Waals surface area (Å²) in [5.74, 6) is -0.317. The fourth-order valence-electron chi connectivity index (χ4n) is 2.74. The second-order valence-electron chi connectivity index (χ2n) is 6.26. The van der Waals surface area contributed by atoms with Crippen molar-refractivity contribution in [3.05, 3.63) is 45.2 Å². The number of unbranched alkanes of at least 4 members (excludes halogenated alkanes) is 1. The third kappa shape index (κ3) is 4.13. The van der Waals surface area contributed by atoms with Crippen molar-refractivity contribution in [2.24, 2.45) is 10.2 Å². The summed E-state index contributed by atoms with van der Waals surface area (Å²) in [6.45, 7) is 5.89. The van der Waals surface area contributed by atoms with Gasteiger partial charge >= 0.3 is 16.5 Å². The topological polar surface area (TPSA) is 104 Å². The molecule has 9 heteroatoms. The van der Waals surface area contributed by atoms with Crippen LogP contribution >= 0.6 is 11.3 Å². The molecule has 0 amide bonds. The zero-order chi connectivity index (χ0) is 19.6. The summed E-state index contributed by atoms with van der Waals surface area (Å²) >= 11 is 1.38. The molecule has 3 rings (SSSR count). The Morgan fingerprint density at radius 3 is 2.75 bits per heavy atom. The minimum atomic E-state index is -0.460. The van der Waals surface area contributed by atoms with Crippen LogP contribution in [0.2, 0.25) is 0 Å². The molecule has 1 N–H and O–H groups in total. The maximum Gasteiger partial charge on any atom is 2.00 e. The van der Waals surface area contributed by atoms with Crippen LogP contribution in [0.4, 0.5) is 10.8 Å². The maximum absolute atomic E-state index is 12.7. The van der Waals surface area contributed by atoms with Gasteiger partial charge in [-0.3, -0.25) is 9.36 Å². The van der Waals surface area contributed by atoms with Gasteiger partial charge in [0.05, 0.1) is 10.2 Å². The molecule has 0 fully saturated rings. The molecular formula is C19H19N5NiO2S+2. The second kappa shape index (κ2) is 9.09. The standard InChI is InChI=1S/C19H19N5O2S.Ni/c1-4-5-8-24-17(25)13(10-20)12(3)16(18(24)26)22-23-19-21-14-7-6-11(2)9-15(14)27-19;/h6-7,9,25H,4-5,8H2,1-3H3;/q;+2. The smallest absolute Gasteiger partial charge is 0.493 e. The van der Waals surface area contributed by atoms with E-state index in [0.717, 1.165) is 22.2 Å². The number of hydrogen-bond donors (Lipinski definition) is 1. The third-order valence-corrected chi connectivity index (χ3v) is 5.17. The quantitative estimate of drug-likeness (QED) is 0.452. The monoisotopic (exact) mass is 439 g/mol. The molecule has 0 unspecified atom stereocenters. The average molecular weight is 440 g/mol. The number of nitriles is 1. The van der Waals surface area contributed by atoms with Crippen LogP contribution in [-0.2, 0) is 23.0 Å². The van der Waals surface area contributed by atoms with E-state index in [9.17, 15) is 15.2 Å². The van der Waals surface area contributed by atoms with E-state index in [1.165, 1.54) is 15.9 Å². The van der Waals surface area contributed by atoms with Gasteiger partial charge in [0.1, 0.15) is 11.6 Å². The molecule has 2 heterocycles. The molecule has 0 spiro atoms. The van der Waals surface area contributed by atoms with Gasteiger partial charge in [0.2, 0.25) is 11.0 Å². The number of thiazole rings is 1. The first kappa shape index (κ1) is 21.7. The van der Waals surface area contributed by atoms with Gasteiger partial charge in [0.15, 0.2) is 5.69 Å². The molecule has 28 heavy (non-hydrogen) atoms. The van der Waals surface area contributed by atoms with Crippen molar-refractivity contribution in [3.8, 4) is 11.9 Å². The number of aromatic nitrogens is 2. The first-order valence-corrected chi connectivity index (χ1v) is 9.43. The molecule has 7 nitrogen and oxygen atoms in total. The molecule has 1 aromatic carbocycles. The summed E-state index contributed by atoms with van der Waals surface area (Å²) in [5, 5.41) is 28.3. The first-order chi connectivity index (χ1) is 13.0. The van der Waals surface area contributed by atoms with Crippen LogP contribution in [0.5, 0.6) is 5.88 Å². The molecule has 146 valence electrons. The molecule has 0 radical (unpaired) electrons. The minimum absolute atomic E-state index is 0. The van der Waals surface area contributed by atoms with Gasteiger partial charge in [0, 0.05) is 12.1 Å². The molecule has 0 atom stereocenters. The van der Waals surface area contributed by atoms with E-state index in [4.69, 9.17) is 0 Å². The van der Waals surface area contributed by atoms with Crippen LogP contribution in [0.25, 0.3) is 10.2 Å². The van der Waals surface area contributed by atoms with Crippen LogP contribution in [0.1, 0.15) is 36.5 Å². The summed E-state index contributed by atoms with van der Waals surface area (Å²) in [6, 6.07) is 7.85. The summed E-state index contributed by atoms with van der Waals surface area (Å²) in [7, 11) is 0. The molecule has 0 saturated heterocycles. The van der Waals surface area contributed by atoms with Crippen molar-refractivity contribution in [1.82, 2.24) is 9.55 Å². The SMILES string of the molecule is CCCCn1c(O)c(C#N)c(C)c(N=Nc2nc3ccc(C)cc3s2)c1=O.[Ni+2]. The van der Waals surface area contributed by atoms with Crippen molar-refractivity contribution in [2.45, 2.75) is 40.2 Å². The van der Waals surface area contributed by atoms with Crippen molar-refractivity contribution in [1.29, 1.82) is 5.26 Å². The van der Waals surface area contributed by atoms with Gasteiger partial charge < -0.3 is 5.11 Å². The summed E-state index contributed by atoms with van der Waals surface area (Å²) in [6.07, 6.45) is 1.55. The maximum atomic E-state index is 12.7. The van der Waals surface area contributed by atoms with E-state index in [1.54, 1.807) is 6.92 Å². The molecule has 0 aliphatic carbocycles. The number of hydrogen-bond acceptors (Lipinski definition) is 7. The Hall–Kier alpha value is -2.56. The zero-order valence-corrected chi connectivity index (χ0v) is 17.5. The number of azo groups is 1. The van der Waals surface area contributed by atoms with Crippen molar-refractivity contribution in [3.63, 3.8) is 0 Å². The van der Waals surface area contributed by atoms with E-state index in [0.29, 0.717) is 23.7 Å². The molecular weight excluding hydrogens is 421 g/mol. The van der Waals surface area contributed by atoms with Crippen LogP contribution in [0, 0.1) is 25.2 Å². The number of pyridine rings is 1. The molecule has 0 bridgehead atoms. The van der Waals surface area contributed by atoms with Crippen molar-refractivity contribution in [2.75, 3.05) is 0 Å². The number of aromatic hydroxyl groups is 1. The Balaban J connectivity index is 0.00000280. The van der Waals surface area contributed by atoms with E-state index >= 15 is 0 Å². The molecule has 3 aromatic rings. The largest absolute Gasteiger partial charge is 2.00 e. The fraction of sp³-hybridized carbons (Fsp3) is 0.316. The van der Waals surface area contributed by atoms with Gasteiger partial charge in [-0.2, -0.15) is 5.26 Å². The van der Waals surface area contributed by atoms with Gasteiger partial charge in [-0.05, 0) is 38.0 Å². The van der Waals surface area contributed by atoms with Gasteiger partial charge in [-0.15, -0.1) is 10.2 Å². The molecule has 2 aromatic heterocycles. The number of rotatable bonds is 5. The van der Waals surface area contributed by atoms with Crippen LogP contribution in [-0.4, -0.2) is 14.7 Å². The zero-order valence-electron chi connectivity index (χ0n) is 15.7. The fourth-order valence-corrected chi connectivity index (χ4v) is 3.62. The predicted molar refractivity (Wildman–Crippen MR) is 105 cm³/mol. The number of aryl methyl sites for hydroxylation is 1. The Morgan fingerprint density at radius 2 is 2.07 bits per heavy atom. The van der Waals surface area contributed by atoms with Gasteiger partial charge in [-0.1, -0.05) is 30.7 Å². The number of benzene rings is 1. The van der Waals surface area contributed by atoms with Crippen LogP contribution in [0.15, 0.2) is 33.2 Å². The minimum Gasteiger partial charge on any atom is -0.493 e. The normalized spacial score (nSPS) is 10.9. The summed E-state index contributed by atoms with van der Waals surface area (Å²) in [4.78, 5) is 17.1. The van der Waals surface area contributed by atoms with E-state index in [-0.39, 0.29) is 33.6 Å². The number of fused-ring (bicyclic) bond motifs is 1. The van der Waals surface area contributed by atoms with E-state index in [2.05, 4.69) is 15.2 Å². The van der Waals surface area contributed by atoms with Gasteiger partial charge in [-0.25, -0.2) is 4.98 Å². The molecule has 0 aliphatic rings. The van der Waals surface area contributed by atoms with Crippen LogP contribution < -0.4 is 5.56 Å². The summed E-state index contributed by atoms with van der Waals surface area (Å²) in [5.41, 5.74) is 1.89. The molecule has 0 aliphatic heterocycles. The predicted octanol–water partition coefficient (Wildman–Crippen LogP) is 4.87. The van der Waals surface area contributed by atoms with Crippen LogP contribution in [0.3, 0.4) is 0 Å².